The molecule has 0 aliphatic heterocycles. The highest BCUT2D eigenvalue weighted by Gasteiger charge is 2.38. The average molecular weight is 452 g/mol. The Labute approximate surface area is 171 Å². The second kappa shape index (κ2) is 8.93. The van der Waals surface area contributed by atoms with Crippen LogP contribution in [0.1, 0.15) is 30.6 Å². The van der Waals surface area contributed by atoms with Gasteiger partial charge in [-0.1, -0.05) is 39.6 Å². The smallest absolute Gasteiger partial charge is 0.235 e. The molecular formula is C19H22BrN3O3S. The molecule has 144 valence electrons. The molecule has 2 N–H and O–H groups in total. The summed E-state index contributed by atoms with van der Waals surface area (Å²) in [6.45, 7) is 2.39. The van der Waals surface area contributed by atoms with Gasteiger partial charge >= 0.3 is 0 Å². The highest BCUT2D eigenvalue weighted by Crippen LogP contribution is 2.43. The second-order valence-corrected chi connectivity index (χ2v) is 8.69. The molecule has 27 heavy (non-hydrogen) atoms. The summed E-state index contributed by atoms with van der Waals surface area (Å²) in [6, 6.07) is 9.95. The molecule has 6 nitrogen and oxygen atoms in total. The maximum Gasteiger partial charge on any atom is 0.235 e. The van der Waals surface area contributed by atoms with Gasteiger partial charge in [0.25, 0.3) is 0 Å². The fourth-order valence-corrected chi connectivity index (χ4v) is 4.20. The van der Waals surface area contributed by atoms with Crippen molar-refractivity contribution in [2.45, 2.75) is 31.6 Å². The monoisotopic (exact) mass is 451 g/mol. The van der Waals surface area contributed by atoms with Crippen molar-refractivity contribution in [1.82, 2.24) is 10.5 Å². The maximum atomic E-state index is 12.2. The highest BCUT2D eigenvalue weighted by atomic mass is 79.9. The lowest BCUT2D eigenvalue weighted by Crippen LogP contribution is -2.46. The van der Waals surface area contributed by atoms with Crippen molar-refractivity contribution < 1.29 is 14.1 Å². The van der Waals surface area contributed by atoms with E-state index in [4.69, 9.17) is 4.52 Å². The van der Waals surface area contributed by atoms with E-state index in [1.54, 1.807) is 13.0 Å². The van der Waals surface area contributed by atoms with Crippen LogP contribution in [-0.4, -0.2) is 35.0 Å². The lowest BCUT2D eigenvalue weighted by molar-refractivity contribution is -0.119. The van der Waals surface area contributed by atoms with E-state index in [0.717, 1.165) is 17.3 Å². The second-order valence-electron chi connectivity index (χ2n) is 6.78. The molecule has 3 rings (SSSR count). The van der Waals surface area contributed by atoms with Crippen LogP contribution in [0.4, 0.5) is 5.82 Å². The normalized spacial score (nSPS) is 15.0. The van der Waals surface area contributed by atoms with E-state index >= 15 is 0 Å². The average Bonchev–Trinajstić information content (AvgIpc) is 2.99. The lowest BCUT2D eigenvalue weighted by atomic mass is 9.64. The van der Waals surface area contributed by atoms with Gasteiger partial charge in [-0.2, -0.15) is 0 Å². The Bertz CT molecular complexity index is 820. The molecule has 1 heterocycles. The largest absolute Gasteiger partial charge is 0.360 e. The van der Waals surface area contributed by atoms with E-state index in [9.17, 15) is 9.59 Å². The van der Waals surface area contributed by atoms with Gasteiger partial charge in [-0.05, 0) is 37.5 Å². The van der Waals surface area contributed by atoms with Crippen LogP contribution < -0.4 is 10.6 Å². The minimum Gasteiger partial charge on any atom is -0.360 e. The third-order valence-electron chi connectivity index (χ3n) is 4.73. The van der Waals surface area contributed by atoms with Crippen LogP contribution >= 0.6 is 27.7 Å². The number of carbonyl (C=O) groups is 2. The van der Waals surface area contributed by atoms with Gasteiger partial charge in [0.05, 0.1) is 11.5 Å². The number of nitrogens with zero attached hydrogens (tertiary/aromatic N) is 1. The zero-order valence-electron chi connectivity index (χ0n) is 15.1. The van der Waals surface area contributed by atoms with Gasteiger partial charge in [0.15, 0.2) is 5.82 Å². The maximum absolute atomic E-state index is 12.2. The number of amides is 2. The van der Waals surface area contributed by atoms with Crippen LogP contribution in [-0.2, 0) is 15.0 Å². The van der Waals surface area contributed by atoms with Crippen molar-refractivity contribution in [1.29, 1.82) is 0 Å². The molecule has 0 radical (unpaired) electrons. The summed E-state index contributed by atoms with van der Waals surface area (Å²) in [5.41, 5.74) is 1.30. The van der Waals surface area contributed by atoms with Crippen LogP contribution in [0.5, 0.6) is 0 Å². The number of carbonyl (C=O) groups excluding carboxylic acids is 2. The van der Waals surface area contributed by atoms with Crippen molar-refractivity contribution in [2.75, 3.05) is 23.4 Å². The molecule has 2 aromatic rings. The quantitative estimate of drug-likeness (QED) is 0.639. The molecule has 8 heteroatoms. The molecule has 1 aliphatic carbocycles. The van der Waals surface area contributed by atoms with E-state index in [1.165, 1.54) is 23.7 Å². The van der Waals surface area contributed by atoms with Gasteiger partial charge < -0.3 is 15.2 Å². The van der Waals surface area contributed by atoms with Crippen LogP contribution in [0.3, 0.4) is 0 Å². The number of halogens is 1. The Morgan fingerprint density at radius 1 is 1.26 bits per heavy atom. The molecule has 1 aliphatic rings. The summed E-state index contributed by atoms with van der Waals surface area (Å²) in [7, 11) is 0. The Hall–Kier alpha value is -1.80. The molecule has 1 aromatic heterocycles. The third-order valence-corrected chi connectivity index (χ3v) is 6.16. The summed E-state index contributed by atoms with van der Waals surface area (Å²) in [5.74, 6) is 1.21. The van der Waals surface area contributed by atoms with Gasteiger partial charge in [0.2, 0.25) is 11.8 Å². The fraction of sp³-hybridized carbons (Fsp3) is 0.421. The number of benzene rings is 1. The van der Waals surface area contributed by atoms with Crippen molar-refractivity contribution in [2.24, 2.45) is 0 Å². The molecule has 0 bridgehead atoms. The van der Waals surface area contributed by atoms with Crippen LogP contribution in [0.15, 0.2) is 39.3 Å². The predicted octanol–water partition coefficient (Wildman–Crippen LogP) is 3.66. The summed E-state index contributed by atoms with van der Waals surface area (Å²) < 4.78 is 5.95. The lowest BCUT2D eigenvalue weighted by Gasteiger charge is -2.42. The first-order chi connectivity index (χ1) is 13.0. The minimum atomic E-state index is -0.203. The van der Waals surface area contributed by atoms with E-state index in [0.29, 0.717) is 18.1 Å². The number of thioether (sulfide) groups is 1. The predicted molar refractivity (Wildman–Crippen MR) is 110 cm³/mol. The number of nitrogens with one attached hydrogen (secondary N) is 2. The topological polar surface area (TPSA) is 84.2 Å². The number of aryl methyl sites for hydroxylation is 1. The molecule has 0 spiro atoms. The van der Waals surface area contributed by atoms with Crippen LogP contribution in [0.25, 0.3) is 0 Å². The first kappa shape index (κ1) is 19.9. The van der Waals surface area contributed by atoms with Crippen LogP contribution in [0, 0.1) is 6.92 Å². The number of hydrogen-bond acceptors (Lipinski definition) is 5. The highest BCUT2D eigenvalue weighted by molar-refractivity contribution is 9.10. The SMILES string of the molecule is Cc1cc(NC(=O)CSCC(=O)NCC2(c3cccc(Br)c3)CCC2)no1. The number of hydrogen-bond donors (Lipinski definition) is 2. The summed E-state index contributed by atoms with van der Waals surface area (Å²) in [4.78, 5) is 24.0. The number of anilines is 1. The van der Waals surface area contributed by atoms with Gasteiger partial charge in [0.1, 0.15) is 5.76 Å². The number of aromatic nitrogens is 1. The van der Waals surface area contributed by atoms with E-state index in [1.807, 2.05) is 12.1 Å². The zero-order chi connectivity index (χ0) is 19.3. The Balaban J connectivity index is 1.41. The molecule has 0 saturated heterocycles. The number of rotatable bonds is 8. The molecule has 1 saturated carbocycles. The summed E-state index contributed by atoms with van der Waals surface area (Å²) >= 11 is 4.80. The summed E-state index contributed by atoms with van der Waals surface area (Å²) in [6.07, 6.45) is 3.34. The van der Waals surface area contributed by atoms with E-state index in [-0.39, 0.29) is 28.7 Å². The molecular weight excluding hydrogens is 430 g/mol. The molecule has 1 aromatic carbocycles. The van der Waals surface area contributed by atoms with Gasteiger partial charge in [-0.15, -0.1) is 11.8 Å². The Morgan fingerprint density at radius 2 is 2.04 bits per heavy atom. The summed E-state index contributed by atoms with van der Waals surface area (Å²) in [5, 5.41) is 9.38. The van der Waals surface area contributed by atoms with Gasteiger partial charge in [-0.3, -0.25) is 9.59 Å². The van der Waals surface area contributed by atoms with Crippen molar-refractivity contribution in [3.63, 3.8) is 0 Å². The third kappa shape index (κ3) is 5.35. The minimum absolute atomic E-state index is 0.0340. The van der Waals surface area contributed by atoms with Gasteiger partial charge in [-0.25, -0.2) is 0 Å². The zero-order valence-corrected chi connectivity index (χ0v) is 17.5. The molecule has 0 atom stereocenters. The van der Waals surface area contributed by atoms with Crippen molar-refractivity contribution in [3.8, 4) is 0 Å². The fourth-order valence-electron chi connectivity index (χ4n) is 3.15. The van der Waals surface area contributed by atoms with E-state index < -0.39 is 0 Å². The molecule has 2 amide bonds. The van der Waals surface area contributed by atoms with Crippen molar-refractivity contribution in [3.05, 3.63) is 46.1 Å². The first-order valence-corrected chi connectivity index (χ1v) is 10.8. The molecule has 1 fully saturated rings. The van der Waals surface area contributed by atoms with Crippen LogP contribution in [0.2, 0.25) is 0 Å². The Morgan fingerprint density at radius 3 is 2.67 bits per heavy atom. The standard InChI is InChI=1S/C19H22BrN3O3S/c1-13-8-16(23-26-13)22-18(25)11-27-10-17(24)21-12-19(6-3-7-19)14-4-2-5-15(20)9-14/h2,4-5,8-9H,3,6-7,10-12H2,1H3,(H,21,24)(H,22,23,25). The van der Waals surface area contributed by atoms with E-state index in [2.05, 4.69) is 43.9 Å². The Kier molecular flexibility index (Phi) is 6.59. The van der Waals surface area contributed by atoms with Crippen molar-refractivity contribution >= 4 is 45.3 Å². The molecule has 0 unspecified atom stereocenters. The van der Waals surface area contributed by atoms with Gasteiger partial charge in [0, 0.05) is 22.5 Å². The first-order valence-electron chi connectivity index (χ1n) is 8.80.